The molecule has 2 aromatic rings. The highest BCUT2D eigenvalue weighted by Crippen LogP contribution is 2.24. The lowest BCUT2D eigenvalue weighted by molar-refractivity contribution is -0.145. The van der Waals surface area contributed by atoms with E-state index in [4.69, 9.17) is 4.42 Å². The van der Waals surface area contributed by atoms with Crippen LogP contribution in [0.25, 0.3) is 10.6 Å². The first-order valence-corrected chi connectivity index (χ1v) is 7.26. The molecule has 0 aromatic carbocycles. The molecule has 0 aliphatic rings. The second kappa shape index (κ2) is 5.69. The monoisotopic (exact) mass is 308 g/mol. The topological polar surface area (TPSA) is 92.4 Å². The molecule has 0 saturated carbocycles. The fourth-order valence-corrected chi connectivity index (χ4v) is 2.43. The molecule has 0 aliphatic carbocycles. The zero-order chi connectivity index (χ0) is 15.6. The quantitative estimate of drug-likeness (QED) is 0.885. The Kier molecular flexibility index (Phi) is 4.13. The van der Waals surface area contributed by atoms with Gasteiger partial charge in [-0.15, -0.1) is 11.3 Å². The lowest BCUT2D eigenvalue weighted by Gasteiger charge is -2.29. The number of carboxylic acids is 1. The van der Waals surface area contributed by atoms with Crippen molar-refractivity contribution in [2.75, 3.05) is 0 Å². The van der Waals surface area contributed by atoms with E-state index < -0.39 is 17.4 Å². The van der Waals surface area contributed by atoms with Crippen LogP contribution in [0.3, 0.4) is 0 Å². The van der Waals surface area contributed by atoms with Crippen molar-refractivity contribution in [1.29, 1.82) is 0 Å². The summed E-state index contributed by atoms with van der Waals surface area (Å²) in [5.41, 5.74) is -0.357. The largest absolute Gasteiger partial charge is 0.480 e. The van der Waals surface area contributed by atoms with Crippen molar-refractivity contribution in [2.24, 2.45) is 5.92 Å². The summed E-state index contributed by atoms with van der Waals surface area (Å²) < 4.78 is 4.97. The molecule has 2 rings (SSSR count). The van der Waals surface area contributed by atoms with Gasteiger partial charge in [-0.2, -0.15) is 0 Å². The maximum absolute atomic E-state index is 12.2. The average Bonchev–Trinajstić information content (AvgIpc) is 3.08. The van der Waals surface area contributed by atoms with Crippen molar-refractivity contribution in [3.63, 3.8) is 0 Å². The van der Waals surface area contributed by atoms with Gasteiger partial charge in [0.25, 0.3) is 5.91 Å². The summed E-state index contributed by atoms with van der Waals surface area (Å²) >= 11 is 1.30. The zero-order valence-corrected chi connectivity index (χ0v) is 12.7. The van der Waals surface area contributed by atoms with Gasteiger partial charge in [-0.25, -0.2) is 9.78 Å². The van der Waals surface area contributed by atoms with Gasteiger partial charge >= 0.3 is 5.97 Å². The van der Waals surface area contributed by atoms with Crippen LogP contribution in [0.15, 0.2) is 28.4 Å². The molecule has 21 heavy (non-hydrogen) atoms. The summed E-state index contributed by atoms with van der Waals surface area (Å²) in [5.74, 6) is -1.83. The van der Waals surface area contributed by atoms with Gasteiger partial charge in [0.15, 0.2) is 0 Å². The predicted octanol–water partition coefficient (Wildman–Crippen LogP) is 2.63. The third-order valence-corrected chi connectivity index (χ3v) is 4.37. The van der Waals surface area contributed by atoms with E-state index in [2.05, 4.69) is 10.3 Å². The van der Waals surface area contributed by atoms with Gasteiger partial charge in [0.2, 0.25) is 0 Å². The van der Waals surface area contributed by atoms with Crippen LogP contribution in [0.2, 0.25) is 0 Å². The molecule has 0 aliphatic heterocycles. The summed E-state index contributed by atoms with van der Waals surface area (Å²) in [6, 6.07) is 1.75. The van der Waals surface area contributed by atoms with Gasteiger partial charge in [0.05, 0.1) is 6.26 Å². The van der Waals surface area contributed by atoms with E-state index in [1.807, 2.05) is 0 Å². The second-order valence-electron chi connectivity index (χ2n) is 5.17. The van der Waals surface area contributed by atoms with Gasteiger partial charge in [0, 0.05) is 10.9 Å². The van der Waals surface area contributed by atoms with E-state index in [-0.39, 0.29) is 11.6 Å². The second-order valence-corrected chi connectivity index (χ2v) is 6.02. The highest BCUT2D eigenvalue weighted by atomic mass is 32.1. The third kappa shape index (κ3) is 2.97. The molecule has 112 valence electrons. The van der Waals surface area contributed by atoms with Crippen LogP contribution in [0, 0.1) is 5.92 Å². The number of nitrogens with zero attached hydrogens (tertiary/aromatic N) is 1. The summed E-state index contributed by atoms with van der Waals surface area (Å²) in [4.78, 5) is 27.8. The van der Waals surface area contributed by atoms with Gasteiger partial charge in [-0.05, 0) is 18.9 Å². The molecule has 6 nitrogen and oxygen atoms in total. The average molecular weight is 308 g/mol. The van der Waals surface area contributed by atoms with Crippen molar-refractivity contribution in [1.82, 2.24) is 10.3 Å². The smallest absolute Gasteiger partial charge is 0.329 e. The first-order valence-electron chi connectivity index (χ1n) is 6.38. The van der Waals surface area contributed by atoms with Crippen LogP contribution in [-0.2, 0) is 4.79 Å². The molecule has 2 aromatic heterocycles. The predicted molar refractivity (Wildman–Crippen MR) is 78.2 cm³/mol. The molecule has 7 heteroatoms. The number of carboxylic acid groups (broad SMARTS) is 1. The maximum atomic E-state index is 12.2. The minimum Gasteiger partial charge on any atom is -0.480 e. The van der Waals surface area contributed by atoms with Gasteiger partial charge in [-0.1, -0.05) is 13.8 Å². The first kappa shape index (κ1) is 15.2. The van der Waals surface area contributed by atoms with E-state index in [1.54, 1.807) is 25.3 Å². The Morgan fingerprint density at radius 3 is 2.71 bits per heavy atom. The van der Waals surface area contributed by atoms with Gasteiger partial charge in [0.1, 0.15) is 22.5 Å². The van der Waals surface area contributed by atoms with Gasteiger partial charge < -0.3 is 14.8 Å². The Morgan fingerprint density at radius 2 is 2.19 bits per heavy atom. The molecule has 1 unspecified atom stereocenters. The van der Waals surface area contributed by atoms with E-state index in [0.29, 0.717) is 5.01 Å². The molecule has 2 N–H and O–H groups in total. The van der Waals surface area contributed by atoms with E-state index >= 15 is 0 Å². The Morgan fingerprint density at radius 1 is 1.48 bits per heavy atom. The Labute approximate surface area is 125 Å². The molecule has 0 fully saturated rings. The minimum atomic E-state index is -1.34. The van der Waals surface area contributed by atoms with E-state index in [0.717, 1.165) is 5.56 Å². The highest BCUT2D eigenvalue weighted by molar-refractivity contribution is 7.13. The van der Waals surface area contributed by atoms with E-state index in [1.165, 1.54) is 30.8 Å². The first-order chi connectivity index (χ1) is 9.84. The summed E-state index contributed by atoms with van der Waals surface area (Å²) in [7, 11) is 0. The van der Waals surface area contributed by atoms with Gasteiger partial charge in [-0.3, -0.25) is 4.79 Å². The summed E-state index contributed by atoms with van der Waals surface area (Å²) in [5, 5.41) is 14.1. The number of aromatic nitrogens is 1. The van der Waals surface area contributed by atoms with Crippen molar-refractivity contribution in [2.45, 2.75) is 26.3 Å². The van der Waals surface area contributed by atoms with Crippen LogP contribution in [0.5, 0.6) is 0 Å². The lowest BCUT2D eigenvalue weighted by Crippen LogP contribution is -2.55. The van der Waals surface area contributed by atoms with Crippen molar-refractivity contribution < 1.29 is 19.1 Å². The van der Waals surface area contributed by atoms with Crippen molar-refractivity contribution in [3.05, 3.63) is 29.7 Å². The Bertz CT molecular complexity index is 648. The lowest BCUT2D eigenvalue weighted by atomic mass is 9.88. The molecular formula is C14H16N2O4S. The number of aliphatic carboxylic acids is 1. The number of thiazole rings is 1. The fraction of sp³-hybridized carbons (Fsp3) is 0.357. The molecule has 0 bridgehead atoms. The number of hydrogen-bond donors (Lipinski definition) is 2. The van der Waals surface area contributed by atoms with Crippen molar-refractivity contribution in [3.8, 4) is 10.6 Å². The molecule has 1 atom stereocenters. The highest BCUT2D eigenvalue weighted by Gasteiger charge is 2.38. The number of amides is 1. The van der Waals surface area contributed by atoms with Crippen LogP contribution < -0.4 is 5.32 Å². The van der Waals surface area contributed by atoms with Crippen molar-refractivity contribution >= 4 is 23.2 Å². The third-order valence-electron chi connectivity index (χ3n) is 3.48. The molecule has 0 radical (unpaired) electrons. The summed E-state index contributed by atoms with van der Waals surface area (Å²) in [6.07, 6.45) is 3.06. The normalized spacial score (nSPS) is 13.9. The molecular weight excluding hydrogens is 292 g/mol. The number of rotatable bonds is 5. The molecule has 0 saturated heterocycles. The molecule has 0 spiro atoms. The number of furan rings is 1. The van der Waals surface area contributed by atoms with E-state index in [9.17, 15) is 14.7 Å². The fourth-order valence-electron chi connectivity index (χ4n) is 1.64. The van der Waals surface area contributed by atoms with Crippen LogP contribution in [0.4, 0.5) is 0 Å². The Hall–Kier alpha value is -2.15. The molecule has 2 heterocycles. The maximum Gasteiger partial charge on any atom is 0.329 e. The zero-order valence-electron chi connectivity index (χ0n) is 11.9. The number of carbonyl (C=O) groups excluding carboxylic acids is 1. The molecule has 1 amide bonds. The Balaban J connectivity index is 2.19. The number of hydrogen-bond acceptors (Lipinski definition) is 5. The standard InChI is InChI=1S/C14H16N2O4S/c1-8(2)14(3,13(18)19)16-11(17)10-7-21-12(15-10)9-4-5-20-6-9/h4-8H,1-3H3,(H,16,17)(H,18,19). The van der Waals surface area contributed by atoms with Crippen LogP contribution in [0.1, 0.15) is 31.3 Å². The van der Waals surface area contributed by atoms with Crippen LogP contribution in [-0.4, -0.2) is 27.5 Å². The minimum absolute atomic E-state index is 0.198. The number of carbonyl (C=O) groups is 2. The number of nitrogens with one attached hydrogen (secondary N) is 1. The SMILES string of the molecule is CC(C)C(C)(NC(=O)c1csc(-c2ccoc2)n1)C(=O)O. The van der Waals surface area contributed by atoms with Crippen LogP contribution >= 0.6 is 11.3 Å². The summed E-state index contributed by atoms with van der Waals surface area (Å²) in [6.45, 7) is 4.97.